The van der Waals surface area contributed by atoms with Crippen molar-refractivity contribution in [2.75, 3.05) is 6.26 Å². The molecule has 1 fully saturated rings. The Hall–Kier alpha value is -1.08. The number of nitrogens with one attached hydrogen (secondary N) is 1. The van der Waals surface area contributed by atoms with Crippen LogP contribution in [0.1, 0.15) is 29.6 Å². The molecule has 1 aromatic carbocycles. The lowest BCUT2D eigenvalue weighted by Gasteiger charge is -2.13. The van der Waals surface area contributed by atoms with Gasteiger partial charge in [0, 0.05) is 27.9 Å². The van der Waals surface area contributed by atoms with Gasteiger partial charge in [-0.1, -0.05) is 0 Å². The molecule has 1 aliphatic carbocycles. The van der Waals surface area contributed by atoms with E-state index in [0.717, 1.165) is 19.3 Å². The van der Waals surface area contributed by atoms with E-state index in [1.165, 1.54) is 18.2 Å². The van der Waals surface area contributed by atoms with Crippen molar-refractivity contribution in [1.82, 2.24) is 5.32 Å². The molecule has 2 rings (SSSR count). The van der Waals surface area contributed by atoms with Crippen molar-refractivity contribution >= 4 is 39.3 Å². The van der Waals surface area contributed by atoms with Crippen LogP contribution in [0.25, 0.3) is 0 Å². The molecule has 108 valence electrons. The maximum Gasteiger partial charge on any atom is 0.270 e. The number of amides is 1. The molecule has 0 heterocycles. The highest BCUT2D eigenvalue weighted by Crippen LogP contribution is 2.29. The fourth-order valence-electron chi connectivity index (χ4n) is 2.35. The van der Waals surface area contributed by atoms with Crippen LogP contribution < -0.4 is 5.32 Å². The molecule has 0 aromatic heterocycles. The lowest BCUT2D eigenvalue weighted by atomic mass is 10.1. The highest BCUT2D eigenvalue weighted by Gasteiger charge is 2.26. The lowest BCUT2D eigenvalue weighted by Crippen LogP contribution is -2.33. The molecule has 2 atom stereocenters. The zero-order valence-corrected chi connectivity index (χ0v) is 13.4. The second-order valence-corrected chi connectivity index (χ2v) is 6.75. The van der Waals surface area contributed by atoms with Gasteiger partial charge in [0.2, 0.25) is 0 Å². The van der Waals surface area contributed by atoms with Gasteiger partial charge in [0.05, 0.1) is 10.5 Å². The van der Waals surface area contributed by atoms with E-state index in [-0.39, 0.29) is 17.6 Å². The van der Waals surface area contributed by atoms with Gasteiger partial charge in [-0.2, -0.15) is 11.8 Å². The van der Waals surface area contributed by atoms with E-state index >= 15 is 0 Å². The summed E-state index contributed by atoms with van der Waals surface area (Å²) in [6.07, 6.45) is 5.09. The van der Waals surface area contributed by atoms with Crippen LogP contribution in [0.4, 0.5) is 5.69 Å². The summed E-state index contributed by atoms with van der Waals surface area (Å²) in [5, 5.41) is 14.3. The fourth-order valence-corrected chi connectivity index (χ4v) is 3.57. The first-order chi connectivity index (χ1) is 9.51. The molecule has 0 saturated heterocycles. The molecule has 1 N–H and O–H groups in total. The molecular formula is C13H15BrN2O3S. The fraction of sp³-hybridized carbons (Fsp3) is 0.462. The Bertz CT molecular complexity index is 538. The number of hydrogen-bond donors (Lipinski definition) is 1. The number of benzene rings is 1. The second-order valence-electron chi connectivity index (χ2n) is 4.76. The largest absolute Gasteiger partial charge is 0.349 e. The molecular weight excluding hydrogens is 344 g/mol. The Morgan fingerprint density at radius 1 is 1.50 bits per heavy atom. The van der Waals surface area contributed by atoms with Crippen LogP contribution >= 0.6 is 27.7 Å². The van der Waals surface area contributed by atoms with E-state index in [1.807, 2.05) is 11.8 Å². The summed E-state index contributed by atoms with van der Waals surface area (Å²) in [5.41, 5.74) is 0.235. The quantitative estimate of drug-likeness (QED) is 0.661. The molecule has 0 radical (unpaired) electrons. The predicted molar refractivity (Wildman–Crippen MR) is 83.2 cm³/mol. The van der Waals surface area contributed by atoms with Crippen LogP contribution in [0.2, 0.25) is 0 Å². The van der Waals surface area contributed by atoms with Gasteiger partial charge in [-0.15, -0.1) is 0 Å². The number of carbonyl (C=O) groups excluding carboxylic acids is 1. The topological polar surface area (TPSA) is 72.2 Å². The summed E-state index contributed by atoms with van der Waals surface area (Å²) in [6, 6.07) is 4.37. The van der Waals surface area contributed by atoms with Gasteiger partial charge in [-0.25, -0.2) is 0 Å². The monoisotopic (exact) mass is 358 g/mol. The van der Waals surface area contributed by atoms with E-state index < -0.39 is 4.92 Å². The van der Waals surface area contributed by atoms with Crippen LogP contribution in [0.5, 0.6) is 0 Å². The normalized spacial score (nSPS) is 21.7. The summed E-state index contributed by atoms with van der Waals surface area (Å²) in [4.78, 5) is 22.5. The van der Waals surface area contributed by atoms with Crippen LogP contribution in [0.15, 0.2) is 22.7 Å². The molecule has 7 heteroatoms. The van der Waals surface area contributed by atoms with Crippen molar-refractivity contribution in [2.24, 2.45) is 0 Å². The molecule has 20 heavy (non-hydrogen) atoms. The molecule has 5 nitrogen and oxygen atoms in total. The number of hydrogen-bond acceptors (Lipinski definition) is 4. The Kier molecular flexibility index (Phi) is 5.04. The van der Waals surface area contributed by atoms with Crippen LogP contribution in [-0.2, 0) is 0 Å². The van der Waals surface area contributed by atoms with E-state index in [1.54, 1.807) is 0 Å². The van der Waals surface area contributed by atoms with Gasteiger partial charge in [0.15, 0.2) is 0 Å². The zero-order chi connectivity index (χ0) is 14.7. The summed E-state index contributed by atoms with van der Waals surface area (Å²) >= 11 is 5.09. The van der Waals surface area contributed by atoms with Crippen LogP contribution in [0.3, 0.4) is 0 Å². The van der Waals surface area contributed by atoms with Crippen molar-refractivity contribution in [3.05, 3.63) is 38.3 Å². The van der Waals surface area contributed by atoms with E-state index in [9.17, 15) is 14.9 Å². The third-order valence-corrected chi connectivity index (χ3v) is 5.24. The summed E-state index contributed by atoms with van der Waals surface area (Å²) in [5.74, 6) is -0.257. The number of rotatable bonds is 4. The maximum absolute atomic E-state index is 12.2. The maximum atomic E-state index is 12.2. The number of halogens is 1. The van der Waals surface area contributed by atoms with Gasteiger partial charge in [0.25, 0.3) is 11.6 Å². The SMILES string of the molecule is CSC1CCC(NC(=O)c2cc([N+](=O)[O-])ccc2Br)C1. The van der Waals surface area contributed by atoms with Crippen molar-refractivity contribution in [3.8, 4) is 0 Å². The van der Waals surface area contributed by atoms with Gasteiger partial charge >= 0.3 is 0 Å². The third kappa shape index (κ3) is 3.52. The Labute approximate surface area is 129 Å². The molecule has 2 unspecified atom stereocenters. The van der Waals surface area contributed by atoms with Crippen LogP contribution in [0, 0.1) is 10.1 Å². The minimum absolute atomic E-state index is 0.0771. The average Bonchev–Trinajstić information content (AvgIpc) is 2.86. The minimum Gasteiger partial charge on any atom is -0.349 e. The highest BCUT2D eigenvalue weighted by molar-refractivity contribution is 9.10. The molecule has 0 aliphatic heterocycles. The standard InChI is InChI=1S/C13H15BrN2O3S/c1-20-10-4-2-8(6-10)15-13(17)11-7-9(16(18)19)3-5-12(11)14/h3,5,7-8,10H,2,4,6H2,1H3,(H,15,17). The first-order valence-electron chi connectivity index (χ1n) is 6.29. The molecule has 1 aromatic rings. The third-order valence-electron chi connectivity index (χ3n) is 3.46. The molecule has 0 bridgehead atoms. The number of nitro groups is 1. The summed E-state index contributed by atoms with van der Waals surface area (Å²) < 4.78 is 0.569. The first-order valence-corrected chi connectivity index (χ1v) is 8.37. The number of non-ortho nitro benzene ring substituents is 1. The second kappa shape index (κ2) is 6.58. The van der Waals surface area contributed by atoms with Crippen molar-refractivity contribution in [2.45, 2.75) is 30.6 Å². The lowest BCUT2D eigenvalue weighted by molar-refractivity contribution is -0.384. The highest BCUT2D eigenvalue weighted by atomic mass is 79.9. The molecule has 1 aliphatic rings. The van der Waals surface area contributed by atoms with Gasteiger partial charge in [-0.05, 0) is 47.5 Å². The van der Waals surface area contributed by atoms with Gasteiger partial charge in [0.1, 0.15) is 0 Å². The zero-order valence-electron chi connectivity index (χ0n) is 11.0. The summed E-state index contributed by atoms with van der Waals surface area (Å²) in [6.45, 7) is 0. The van der Waals surface area contributed by atoms with E-state index in [4.69, 9.17) is 0 Å². The predicted octanol–water partition coefficient (Wildman–Crippen LogP) is 3.37. The first kappa shape index (κ1) is 15.3. The van der Waals surface area contributed by atoms with E-state index in [2.05, 4.69) is 27.5 Å². The molecule has 1 amide bonds. The van der Waals surface area contributed by atoms with E-state index in [0.29, 0.717) is 15.3 Å². The smallest absolute Gasteiger partial charge is 0.270 e. The van der Waals surface area contributed by atoms with Crippen molar-refractivity contribution < 1.29 is 9.72 Å². The van der Waals surface area contributed by atoms with Crippen molar-refractivity contribution in [1.29, 1.82) is 0 Å². The number of nitro benzene ring substituents is 1. The summed E-state index contributed by atoms with van der Waals surface area (Å²) in [7, 11) is 0. The average molecular weight is 359 g/mol. The Balaban J connectivity index is 2.09. The number of thioether (sulfide) groups is 1. The Morgan fingerprint density at radius 2 is 2.25 bits per heavy atom. The molecule has 1 saturated carbocycles. The van der Waals surface area contributed by atoms with Gasteiger partial charge in [-0.3, -0.25) is 14.9 Å². The number of carbonyl (C=O) groups is 1. The molecule has 0 spiro atoms. The Morgan fingerprint density at radius 3 is 2.85 bits per heavy atom. The minimum atomic E-state index is -0.497. The van der Waals surface area contributed by atoms with Crippen LogP contribution in [-0.4, -0.2) is 28.4 Å². The van der Waals surface area contributed by atoms with Crippen molar-refractivity contribution in [3.63, 3.8) is 0 Å². The van der Waals surface area contributed by atoms with Gasteiger partial charge < -0.3 is 5.32 Å². The number of nitrogens with zero attached hydrogens (tertiary/aromatic N) is 1.